The Morgan fingerprint density at radius 1 is 1.15 bits per heavy atom. The van der Waals surface area contributed by atoms with E-state index in [9.17, 15) is 0 Å². The minimum absolute atomic E-state index is 0.0410. The Kier molecular flexibility index (Phi) is 6.96. The van der Waals surface area contributed by atoms with Crippen LogP contribution in [-0.2, 0) is 0 Å². The van der Waals surface area contributed by atoms with Crippen molar-refractivity contribution < 1.29 is 0 Å². The molecule has 0 amide bonds. The molecule has 0 radical (unpaired) electrons. The lowest BCUT2D eigenvalue weighted by atomic mass is 10.3. The number of nitrogens with zero attached hydrogens (tertiary/aromatic N) is 4. The fourth-order valence-electron chi connectivity index (χ4n) is 1.50. The van der Waals surface area contributed by atoms with Crippen molar-refractivity contribution in [2.45, 2.75) is 19.9 Å². The van der Waals surface area contributed by atoms with Crippen molar-refractivity contribution in [3.05, 3.63) is 60.5 Å². The molecular formula is C16H22N4. The Hall–Kier alpha value is -2.23. The maximum atomic E-state index is 4.24. The molecule has 4 nitrogen and oxygen atoms in total. The third kappa shape index (κ3) is 5.18. The summed E-state index contributed by atoms with van der Waals surface area (Å²) in [6, 6.07) is 5.54. The summed E-state index contributed by atoms with van der Waals surface area (Å²) in [5.74, 6) is 0.629. The molecule has 2 rings (SSSR count). The number of hydrogen-bond donors (Lipinski definition) is 0. The second-order valence-electron chi connectivity index (χ2n) is 4.12. The van der Waals surface area contributed by atoms with Crippen molar-refractivity contribution in [3.63, 3.8) is 0 Å². The molecule has 1 aliphatic rings. The first kappa shape index (κ1) is 15.8. The SMILES string of the molecule is CC.CN(C)C1=CC=CC(N=Nc2ccccn2)C=C1. The Labute approximate surface area is 121 Å². The molecule has 0 spiro atoms. The Bertz CT molecular complexity index is 498. The van der Waals surface area contributed by atoms with Crippen LogP contribution in [0.25, 0.3) is 0 Å². The van der Waals surface area contributed by atoms with Gasteiger partial charge in [0.05, 0.1) is 0 Å². The highest BCUT2D eigenvalue weighted by molar-refractivity contribution is 5.30. The second-order valence-corrected chi connectivity index (χ2v) is 4.12. The molecule has 106 valence electrons. The van der Waals surface area contributed by atoms with Crippen LogP contribution in [0.5, 0.6) is 0 Å². The van der Waals surface area contributed by atoms with Crippen LogP contribution in [0.4, 0.5) is 5.82 Å². The number of azo groups is 1. The molecule has 1 aromatic heterocycles. The Morgan fingerprint density at radius 3 is 2.60 bits per heavy atom. The van der Waals surface area contributed by atoms with E-state index in [1.165, 1.54) is 0 Å². The van der Waals surface area contributed by atoms with E-state index >= 15 is 0 Å². The van der Waals surface area contributed by atoms with Gasteiger partial charge in [0.15, 0.2) is 5.82 Å². The van der Waals surface area contributed by atoms with Crippen molar-refractivity contribution in [1.29, 1.82) is 0 Å². The quantitative estimate of drug-likeness (QED) is 0.775. The molecule has 0 saturated heterocycles. The zero-order valence-corrected chi connectivity index (χ0v) is 12.6. The van der Waals surface area contributed by atoms with Crippen LogP contribution in [0.15, 0.2) is 70.7 Å². The van der Waals surface area contributed by atoms with Crippen molar-refractivity contribution in [1.82, 2.24) is 9.88 Å². The minimum Gasteiger partial charge on any atom is -0.378 e. The summed E-state index contributed by atoms with van der Waals surface area (Å²) in [5, 5.41) is 8.36. The van der Waals surface area contributed by atoms with Gasteiger partial charge in [-0.3, -0.25) is 0 Å². The van der Waals surface area contributed by atoms with Gasteiger partial charge >= 0.3 is 0 Å². The third-order valence-electron chi connectivity index (χ3n) is 2.50. The number of likely N-dealkylation sites (N-methyl/N-ethyl adjacent to an activating group) is 1. The summed E-state index contributed by atoms with van der Waals surface area (Å²) in [6.45, 7) is 4.00. The van der Waals surface area contributed by atoms with Crippen LogP contribution >= 0.6 is 0 Å². The zero-order chi connectivity index (χ0) is 14.8. The molecular weight excluding hydrogens is 248 g/mol. The highest BCUT2D eigenvalue weighted by Crippen LogP contribution is 2.12. The van der Waals surface area contributed by atoms with E-state index in [1.54, 1.807) is 6.20 Å². The van der Waals surface area contributed by atoms with Crippen LogP contribution < -0.4 is 0 Å². The molecule has 1 heterocycles. The van der Waals surface area contributed by atoms with Gasteiger partial charge in [0, 0.05) is 26.0 Å². The molecule has 1 aromatic rings. The summed E-state index contributed by atoms with van der Waals surface area (Å²) in [5.41, 5.74) is 1.14. The average molecular weight is 270 g/mol. The molecule has 4 heteroatoms. The van der Waals surface area contributed by atoms with Crippen LogP contribution in [-0.4, -0.2) is 30.0 Å². The number of hydrogen-bond acceptors (Lipinski definition) is 4. The average Bonchev–Trinajstić information content (AvgIpc) is 2.74. The number of pyridine rings is 1. The molecule has 0 saturated carbocycles. The number of aromatic nitrogens is 1. The molecule has 1 unspecified atom stereocenters. The predicted molar refractivity (Wildman–Crippen MR) is 83.9 cm³/mol. The van der Waals surface area contributed by atoms with Crippen molar-refractivity contribution in [3.8, 4) is 0 Å². The lowest BCUT2D eigenvalue weighted by molar-refractivity contribution is 0.530. The van der Waals surface area contributed by atoms with Crippen LogP contribution in [0, 0.1) is 0 Å². The largest absolute Gasteiger partial charge is 0.378 e. The monoisotopic (exact) mass is 270 g/mol. The molecule has 0 N–H and O–H groups in total. The van der Waals surface area contributed by atoms with Crippen LogP contribution in [0.1, 0.15) is 13.8 Å². The first-order valence-corrected chi connectivity index (χ1v) is 6.81. The van der Waals surface area contributed by atoms with Crippen molar-refractivity contribution >= 4 is 5.82 Å². The molecule has 0 bridgehead atoms. The first-order valence-electron chi connectivity index (χ1n) is 6.81. The molecule has 0 aromatic carbocycles. The van der Waals surface area contributed by atoms with Gasteiger partial charge in [-0.15, -0.1) is 5.11 Å². The van der Waals surface area contributed by atoms with E-state index in [0.717, 1.165) is 5.70 Å². The maximum Gasteiger partial charge on any atom is 0.173 e. The van der Waals surface area contributed by atoms with Crippen LogP contribution in [0.2, 0.25) is 0 Å². The smallest absolute Gasteiger partial charge is 0.173 e. The van der Waals surface area contributed by atoms with Crippen molar-refractivity contribution in [2.75, 3.05) is 14.1 Å². The van der Waals surface area contributed by atoms with E-state index in [4.69, 9.17) is 0 Å². The van der Waals surface area contributed by atoms with Crippen LogP contribution in [0.3, 0.4) is 0 Å². The summed E-state index contributed by atoms with van der Waals surface area (Å²) >= 11 is 0. The highest BCUT2D eigenvalue weighted by Gasteiger charge is 2.02. The summed E-state index contributed by atoms with van der Waals surface area (Å²) < 4.78 is 0. The minimum atomic E-state index is -0.0410. The summed E-state index contributed by atoms with van der Waals surface area (Å²) in [6.07, 6.45) is 11.8. The van der Waals surface area contributed by atoms with E-state index < -0.39 is 0 Å². The lowest BCUT2D eigenvalue weighted by Gasteiger charge is -2.11. The third-order valence-corrected chi connectivity index (χ3v) is 2.50. The van der Waals surface area contributed by atoms with Crippen molar-refractivity contribution in [2.24, 2.45) is 10.2 Å². The maximum absolute atomic E-state index is 4.24. The second kappa shape index (κ2) is 8.80. The molecule has 0 fully saturated rings. The topological polar surface area (TPSA) is 40.9 Å². The number of rotatable bonds is 3. The van der Waals surface area contributed by atoms with Gasteiger partial charge in [-0.05, 0) is 24.3 Å². The van der Waals surface area contributed by atoms with Gasteiger partial charge in [-0.1, -0.05) is 38.1 Å². The fourth-order valence-corrected chi connectivity index (χ4v) is 1.50. The fraction of sp³-hybridized carbons (Fsp3) is 0.312. The van der Waals surface area contributed by atoms with Gasteiger partial charge < -0.3 is 4.90 Å². The zero-order valence-electron chi connectivity index (χ0n) is 12.6. The Balaban J connectivity index is 0.000000956. The van der Waals surface area contributed by atoms with Gasteiger partial charge in [-0.2, -0.15) is 5.11 Å². The van der Waals surface area contributed by atoms with E-state index in [1.807, 2.05) is 76.5 Å². The predicted octanol–water partition coefficient (Wildman–Crippen LogP) is 4.13. The Morgan fingerprint density at radius 2 is 1.95 bits per heavy atom. The molecule has 20 heavy (non-hydrogen) atoms. The van der Waals surface area contributed by atoms with Gasteiger partial charge in [0.25, 0.3) is 0 Å². The van der Waals surface area contributed by atoms with Gasteiger partial charge in [-0.25, -0.2) is 4.98 Å². The molecule has 1 aliphatic carbocycles. The summed E-state index contributed by atoms with van der Waals surface area (Å²) in [4.78, 5) is 6.15. The standard InChI is InChI=1S/C14H16N4.C2H6/c1-18(2)13-7-5-6-12(9-10-13)16-17-14-8-3-4-11-15-14;1-2/h3-12H,1-2H3;1-2H3. The van der Waals surface area contributed by atoms with E-state index in [0.29, 0.717) is 5.82 Å². The lowest BCUT2D eigenvalue weighted by Crippen LogP contribution is -2.08. The molecule has 1 atom stereocenters. The first-order chi connectivity index (χ1) is 9.75. The summed E-state index contributed by atoms with van der Waals surface area (Å²) in [7, 11) is 4.03. The van der Waals surface area contributed by atoms with Gasteiger partial charge in [0.2, 0.25) is 0 Å². The number of allylic oxidation sites excluding steroid dienone is 3. The normalized spacial score (nSPS) is 17.2. The highest BCUT2D eigenvalue weighted by atomic mass is 15.2. The molecule has 0 aliphatic heterocycles. The van der Waals surface area contributed by atoms with E-state index in [2.05, 4.69) is 20.1 Å². The van der Waals surface area contributed by atoms with E-state index in [-0.39, 0.29) is 6.04 Å². The van der Waals surface area contributed by atoms with Gasteiger partial charge in [0.1, 0.15) is 6.04 Å².